The molecular formula is C16H23ClN2O3. The standard InChI is InChI=1S/C16H23ClN2O3/c1-3-22-16-13(17)10-12(11-14(16)21-2)4-5-15(20)19-8-6-18-7-9-19/h10-11,18H,3-9H2,1-2H3. The van der Waals surface area contributed by atoms with E-state index in [9.17, 15) is 4.79 Å². The fourth-order valence-electron chi connectivity index (χ4n) is 2.53. The first-order valence-electron chi connectivity index (χ1n) is 7.63. The molecule has 0 aliphatic carbocycles. The molecule has 0 saturated carbocycles. The second-order valence-corrected chi connectivity index (χ2v) is 5.58. The molecule has 0 radical (unpaired) electrons. The highest BCUT2D eigenvalue weighted by molar-refractivity contribution is 6.32. The molecule has 1 N–H and O–H groups in total. The fourth-order valence-corrected chi connectivity index (χ4v) is 2.81. The smallest absolute Gasteiger partial charge is 0.222 e. The molecule has 1 amide bonds. The van der Waals surface area contributed by atoms with Crippen molar-refractivity contribution in [1.29, 1.82) is 0 Å². The molecule has 0 aromatic heterocycles. The molecule has 6 heteroatoms. The van der Waals surface area contributed by atoms with E-state index in [-0.39, 0.29) is 5.91 Å². The zero-order valence-corrected chi connectivity index (χ0v) is 13.9. The first-order chi connectivity index (χ1) is 10.7. The third kappa shape index (κ3) is 4.27. The Labute approximate surface area is 136 Å². The van der Waals surface area contributed by atoms with Crippen LogP contribution in [-0.2, 0) is 11.2 Å². The van der Waals surface area contributed by atoms with Crippen molar-refractivity contribution in [3.8, 4) is 11.5 Å². The largest absolute Gasteiger partial charge is 0.493 e. The Morgan fingerprint density at radius 1 is 1.36 bits per heavy atom. The summed E-state index contributed by atoms with van der Waals surface area (Å²) in [7, 11) is 1.59. The zero-order chi connectivity index (χ0) is 15.9. The Morgan fingerprint density at radius 3 is 2.73 bits per heavy atom. The summed E-state index contributed by atoms with van der Waals surface area (Å²) in [6.07, 6.45) is 1.12. The maximum atomic E-state index is 12.2. The van der Waals surface area contributed by atoms with Gasteiger partial charge in [-0.2, -0.15) is 0 Å². The second kappa shape index (κ2) is 8.25. The number of nitrogens with zero attached hydrogens (tertiary/aromatic N) is 1. The molecule has 1 aromatic carbocycles. The number of piperazine rings is 1. The lowest BCUT2D eigenvalue weighted by Gasteiger charge is -2.27. The highest BCUT2D eigenvalue weighted by atomic mass is 35.5. The van der Waals surface area contributed by atoms with E-state index in [1.807, 2.05) is 24.0 Å². The van der Waals surface area contributed by atoms with E-state index in [4.69, 9.17) is 21.1 Å². The predicted octanol–water partition coefficient (Wildman–Crippen LogP) is 2.11. The number of benzene rings is 1. The van der Waals surface area contributed by atoms with Gasteiger partial charge in [-0.3, -0.25) is 4.79 Å². The van der Waals surface area contributed by atoms with Crippen molar-refractivity contribution in [2.75, 3.05) is 39.9 Å². The number of amides is 1. The van der Waals surface area contributed by atoms with Crippen molar-refractivity contribution in [1.82, 2.24) is 10.2 Å². The van der Waals surface area contributed by atoms with E-state index in [0.29, 0.717) is 36.0 Å². The third-order valence-corrected chi connectivity index (χ3v) is 3.96. The van der Waals surface area contributed by atoms with E-state index in [1.54, 1.807) is 7.11 Å². The number of hydrogen-bond donors (Lipinski definition) is 1. The SMILES string of the molecule is CCOc1c(Cl)cc(CCC(=O)N2CCNCC2)cc1OC. The van der Waals surface area contributed by atoms with Crippen LogP contribution < -0.4 is 14.8 Å². The van der Waals surface area contributed by atoms with Gasteiger partial charge in [0.15, 0.2) is 11.5 Å². The molecule has 1 fully saturated rings. The third-order valence-electron chi connectivity index (χ3n) is 3.68. The molecule has 1 heterocycles. The first-order valence-corrected chi connectivity index (χ1v) is 8.01. The van der Waals surface area contributed by atoms with Gasteiger partial charge in [0.1, 0.15) is 0 Å². The minimum Gasteiger partial charge on any atom is -0.493 e. The summed E-state index contributed by atoms with van der Waals surface area (Å²) in [6.45, 7) is 5.73. The van der Waals surface area contributed by atoms with Gasteiger partial charge >= 0.3 is 0 Å². The second-order valence-electron chi connectivity index (χ2n) is 5.17. The minimum absolute atomic E-state index is 0.186. The Balaban J connectivity index is 2.00. The van der Waals surface area contributed by atoms with Crippen LogP contribution in [0.2, 0.25) is 5.02 Å². The van der Waals surface area contributed by atoms with Crippen LogP contribution in [0.4, 0.5) is 0 Å². The van der Waals surface area contributed by atoms with E-state index in [2.05, 4.69) is 5.32 Å². The molecule has 1 aromatic rings. The van der Waals surface area contributed by atoms with Gasteiger partial charge in [-0.15, -0.1) is 0 Å². The van der Waals surface area contributed by atoms with E-state index >= 15 is 0 Å². The molecule has 0 bridgehead atoms. The van der Waals surface area contributed by atoms with E-state index in [0.717, 1.165) is 31.7 Å². The number of nitrogens with one attached hydrogen (secondary N) is 1. The van der Waals surface area contributed by atoms with Crippen LogP contribution in [0, 0.1) is 0 Å². The van der Waals surface area contributed by atoms with E-state index < -0.39 is 0 Å². The molecule has 0 atom stereocenters. The van der Waals surface area contributed by atoms with E-state index in [1.165, 1.54) is 0 Å². The molecule has 122 valence electrons. The Hall–Kier alpha value is -1.46. The van der Waals surface area contributed by atoms with Crippen LogP contribution in [-0.4, -0.2) is 50.7 Å². The van der Waals surface area contributed by atoms with Crippen LogP contribution in [0.5, 0.6) is 11.5 Å². The molecule has 0 spiro atoms. The quantitative estimate of drug-likeness (QED) is 0.870. The van der Waals surface area contributed by atoms with Gasteiger partial charge in [0.25, 0.3) is 0 Å². The van der Waals surface area contributed by atoms with Crippen LogP contribution >= 0.6 is 11.6 Å². The topological polar surface area (TPSA) is 50.8 Å². The molecule has 1 saturated heterocycles. The summed E-state index contributed by atoms with van der Waals surface area (Å²) >= 11 is 6.25. The first kappa shape index (κ1) is 16.9. The molecule has 0 unspecified atom stereocenters. The maximum Gasteiger partial charge on any atom is 0.222 e. The number of rotatable bonds is 6. The number of carbonyl (C=O) groups excluding carboxylic acids is 1. The van der Waals surface area contributed by atoms with Gasteiger partial charge in [0, 0.05) is 32.6 Å². The molecule has 22 heavy (non-hydrogen) atoms. The van der Waals surface area contributed by atoms with Gasteiger partial charge in [-0.05, 0) is 31.0 Å². The Kier molecular flexibility index (Phi) is 6.34. The van der Waals surface area contributed by atoms with Crippen LogP contribution in [0.1, 0.15) is 18.9 Å². The van der Waals surface area contributed by atoms with Crippen molar-refractivity contribution in [3.05, 3.63) is 22.7 Å². The van der Waals surface area contributed by atoms with Crippen molar-refractivity contribution in [2.24, 2.45) is 0 Å². The van der Waals surface area contributed by atoms with Gasteiger partial charge in [-0.1, -0.05) is 11.6 Å². The van der Waals surface area contributed by atoms with Gasteiger partial charge < -0.3 is 19.7 Å². The van der Waals surface area contributed by atoms with Crippen molar-refractivity contribution in [3.63, 3.8) is 0 Å². The van der Waals surface area contributed by atoms with Gasteiger partial charge in [0.05, 0.1) is 18.7 Å². The fraction of sp³-hybridized carbons (Fsp3) is 0.562. The monoisotopic (exact) mass is 326 g/mol. The summed E-state index contributed by atoms with van der Waals surface area (Å²) in [4.78, 5) is 14.1. The zero-order valence-electron chi connectivity index (χ0n) is 13.2. The summed E-state index contributed by atoms with van der Waals surface area (Å²) in [5.74, 6) is 1.35. The number of carbonyl (C=O) groups is 1. The number of aryl methyl sites for hydroxylation is 1. The number of hydrogen-bond acceptors (Lipinski definition) is 4. The minimum atomic E-state index is 0.186. The van der Waals surface area contributed by atoms with Crippen molar-refractivity contribution < 1.29 is 14.3 Å². The van der Waals surface area contributed by atoms with Crippen LogP contribution in [0.3, 0.4) is 0 Å². The van der Waals surface area contributed by atoms with Gasteiger partial charge in [-0.25, -0.2) is 0 Å². The summed E-state index contributed by atoms with van der Waals surface area (Å²) in [5.41, 5.74) is 0.980. The average molecular weight is 327 g/mol. The van der Waals surface area contributed by atoms with Crippen LogP contribution in [0.15, 0.2) is 12.1 Å². The molecule has 1 aliphatic heterocycles. The van der Waals surface area contributed by atoms with Gasteiger partial charge in [0.2, 0.25) is 5.91 Å². The Morgan fingerprint density at radius 2 is 2.09 bits per heavy atom. The maximum absolute atomic E-state index is 12.2. The lowest BCUT2D eigenvalue weighted by molar-refractivity contribution is -0.131. The molecule has 2 rings (SSSR count). The van der Waals surface area contributed by atoms with Crippen LogP contribution in [0.25, 0.3) is 0 Å². The lowest BCUT2D eigenvalue weighted by atomic mass is 10.1. The molecular weight excluding hydrogens is 304 g/mol. The number of ether oxygens (including phenoxy) is 2. The highest BCUT2D eigenvalue weighted by Gasteiger charge is 2.17. The van der Waals surface area contributed by atoms with Crippen molar-refractivity contribution in [2.45, 2.75) is 19.8 Å². The normalized spacial score (nSPS) is 14.8. The summed E-state index contributed by atoms with van der Waals surface area (Å²) in [6, 6.07) is 3.74. The Bertz CT molecular complexity index is 516. The summed E-state index contributed by atoms with van der Waals surface area (Å²) in [5, 5.41) is 3.76. The number of methoxy groups -OCH3 is 1. The highest BCUT2D eigenvalue weighted by Crippen LogP contribution is 2.36. The predicted molar refractivity (Wildman–Crippen MR) is 86.9 cm³/mol. The molecule has 1 aliphatic rings. The average Bonchev–Trinajstić information content (AvgIpc) is 2.55. The number of halogens is 1. The lowest BCUT2D eigenvalue weighted by Crippen LogP contribution is -2.46. The summed E-state index contributed by atoms with van der Waals surface area (Å²) < 4.78 is 10.8. The van der Waals surface area contributed by atoms with Crippen molar-refractivity contribution >= 4 is 17.5 Å². The molecule has 5 nitrogen and oxygen atoms in total.